The lowest BCUT2D eigenvalue weighted by Gasteiger charge is -2.42. The predicted octanol–water partition coefficient (Wildman–Crippen LogP) is 1.94. The molecule has 3 rings (SSSR count). The van der Waals surface area contributed by atoms with Crippen LogP contribution in [0.15, 0.2) is 6.07 Å². The van der Waals surface area contributed by atoms with Crippen LogP contribution in [0.1, 0.15) is 38.1 Å². The first-order chi connectivity index (χ1) is 9.54. The van der Waals surface area contributed by atoms with Crippen LogP contribution in [-0.2, 0) is 13.6 Å². The first kappa shape index (κ1) is 14.1. The van der Waals surface area contributed by atoms with Crippen molar-refractivity contribution in [2.75, 3.05) is 13.1 Å². The highest BCUT2D eigenvalue weighted by atomic mass is 15.3. The molecule has 1 aliphatic heterocycles. The molecule has 0 amide bonds. The summed E-state index contributed by atoms with van der Waals surface area (Å²) in [5.74, 6) is 1.62. The van der Waals surface area contributed by atoms with E-state index in [9.17, 15) is 0 Å². The molecule has 1 saturated carbocycles. The van der Waals surface area contributed by atoms with Crippen molar-refractivity contribution in [3.8, 4) is 0 Å². The summed E-state index contributed by atoms with van der Waals surface area (Å²) in [6.45, 7) is 10.1. The van der Waals surface area contributed by atoms with Crippen molar-refractivity contribution in [1.29, 1.82) is 0 Å². The second kappa shape index (κ2) is 5.49. The van der Waals surface area contributed by atoms with Crippen molar-refractivity contribution in [3.05, 3.63) is 17.5 Å². The van der Waals surface area contributed by atoms with Crippen LogP contribution >= 0.6 is 0 Å². The van der Waals surface area contributed by atoms with E-state index in [1.807, 2.05) is 4.68 Å². The Bertz CT molecular complexity index is 461. The minimum absolute atomic E-state index is 0.639. The zero-order valence-corrected chi connectivity index (χ0v) is 13.3. The molecule has 2 aliphatic rings. The Balaban J connectivity index is 1.73. The number of rotatable bonds is 4. The monoisotopic (exact) mass is 276 g/mol. The molecule has 4 nitrogen and oxygen atoms in total. The van der Waals surface area contributed by atoms with E-state index in [1.165, 1.54) is 25.1 Å². The van der Waals surface area contributed by atoms with Gasteiger partial charge in [0, 0.05) is 38.8 Å². The molecule has 2 atom stereocenters. The van der Waals surface area contributed by atoms with Crippen molar-refractivity contribution >= 4 is 0 Å². The van der Waals surface area contributed by atoms with Gasteiger partial charge in [-0.3, -0.25) is 9.58 Å². The van der Waals surface area contributed by atoms with Crippen LogP contribution in [-0.4, -0.2) is 39.9 Å². The smallest absolute Gasteiger partial charge is 0.0597 e. The lowest BCUT2D eigenvalue weighted by Crippen LogP contribution is -2.58. The van der Waals surface area contributed by atoms with Crippen molar-refractivity contribution < 1.29 is 0 Å². The average Bonchev–Trinajstić information content (AvgIpc) is 3.17. The van der Waals surface area contributed by atoms with E-state index < -0.39 is 0 Å². The molecule has 20 heavy (non-hydrogen) atoms. The van der Waals surface area contributed by atoms with Gasteiger partial charge in [0.15, 0.2) is 0 Å². The van der Waals surface area contributed by atoms with Crippen molar-refractivity contribution in [1.82, 2.24) is 20.0 Å². The fourth-order valence-corrected chi connectivity index (χ4v) is 3.53. The zero-order chi connectivity index (χ0) is 14.3. The van der Waals surface area contributed by atoms with Gasteiger partial charge in [0.1, 0.15) is 0 Å². The molecule has 112 valence electrons. The average molecular weight is 276 g/mol. The van der Waals surface area contributed by atoms with E-state index in [-0.39, 0.29) is 0 Å². The van der Waals surface area contributed by atoms with Crippen LogP contribution < -0.4 is 5.32 Å². The van der Waals surface area contributed by atoms with Crippen LogP contribution in [0.25, 0.3) is 0 Å². The zero-order valence-electron chi connectivity index (χ0n) is 13.3. The summed E-state index contributed by atoms with van der Waals surface area (Å²) in [6.07, 6.45) is 2.84. The van der Waals surface area contributed by atoms with Gasteiger partial charge in [-0.05, 0) is 37.7 Å². The standard InChI is InChI=1S/C16H28N4/c1-11(2)16-8-17-15(13-5-6-13)10-20(16)9-14-7-12(3)18-19(14)4/h7,11,13,15-17H,5-6,8-10H2,1-4H3. The van der Waals surface area contributed by atoms with E-state index in [2.05, 4.69) is 49.2 Å². The van der Waals surface area contributed by atoms with Crippen LogP contribution in [0.2, 0.25) is 0 Å². The quantitative estimate of drug-likeness (QED) is 0.912. The molecule has 0 bridgehead atoms. The van der Waals surface area contributed by atoms with Gasteiger partial charge in [0.05, 0.1) is 11.4 Å². The van der Waals surface area contributed by atoms with E-state index in [1.54, 1.807) is 0 Å². The fourth-order valence-electron chi connectivity index (χ4n) is 3.53. The van der Waals surface area contributed by atoms with Gasteiger partial charge in [-0.2, -0.15) is 5.10 Å². The summed E-state index contributed by atoms with van der Waals surface area (Å²) in [7, 11) is 2.06. The Morgan fingerprint density at radius 1 is 1.40 bits per heavy atom. The molecule has 2 fully saturated rings. The predicted molar refractivity (Wildman–Crippen MR) is 81.5 cm³/mol. The van der Waals surface area contributed by atoms with Crippen LogP contribution in [0, 0.1) is 18.8 Å². The molecular formula is C16H28N4. The van der Waals surface area contributed by atoms with E-state index >= 15 is 0 Å². The molecule has 1 aliphatic carbocycles. The van der Waals surface area contributed by atoms with Crippen LogP contribution in [0.4, 0.5) is 0 Å². The van der Waals surface area contributed by atoms with Gasteiger partial charge in [-0.1, -0.05) is 13.8 Å². The molecule has 0 spiro atoms. The van der Waals surface area contributed by atoms with Gasteiger partial charge < -0.3 is 5.32 Å². The summed E-state index contributed by atoms with van der Waals surface area (Å²) in [5, 5.41) is 8.27. The Hall–Kier alpha value is -0.870. The molecule has 4 heteroatoms. The Morgan fingerprint density at radius 2 is 2.15 bits per heavy atom. The molecule has 1 N–H and O–H groups in total. The van der Waals surface area contributed by atoms with Crippen molar-refractivity contribution in [2.45, 2.75) is 52.2 Å². The Labute approximate surface area is 122 Å². The largest absolute Gasteiger partial charge is 0.311 e. The first-order valence-corrected chi connectivity index (χ1v) is 8.01. The number of nitrogens with one attached hydrogen (secondary N) is 1. The third-order valence-corrected chi connectivity index (χ3v) is 4.91. The van der Waals surface area contributed by atoms with Crippen LogP contribution in [0.5, 0.6) is 0 Å². The summed E-state index contributed by atoms with van der Waals surface area (Å²) < 4.78 is 2.04. The second-order valence-corrected chi connectivity index (χ2v) is 6.99. The van der Waals surface area contributed by atoms with Gasteiger partial charge in [0.2, 0.25) is 0 Å². The van der Waals surface area contributed by atoms with Crippen molar-refractivity contribution in [2.24, 2.45) is 18.9 Å². The number of aryl methyl sites for hydroxylation is 2. The number of hydrogen-bond donors (Lipinski definition) is 1. The van der Waals surface area contributed by atoms with E-state index in [0.717, 1.165) is 24.7 Å². The number of aromatic nitrogens is 2. The third-order valence-electron chi connectivity index (χ3n) is 4.91. The van der Waals surface area contributed by atoms with Gasteiger partial charge in [-0.25, -0.2) is 0 Å². The normalized spacial score (nSPS) is 28.2. The maximum Gasteiger partial charge on any atom is 0.0597 e. The van der Waals surface area contributed by atoms with Gasteiger partial charge in [-0.15, -0.1) is 0 Å². The maximum atomic E-state index is 4.49. The SMILES string of the molecule is Cc1cc(CN2CC(C3CC3)NCC2C(C)C)n(C)n1. The summed E-state index contributed by atoms with van der Waals surface area (Å²) in [5.41, 5.74) is 2.46. The molecule has 0 aromatic carbocycles. The summed E-state index contributed by atoms with van der Waals surface area (Å²) in [4.78, 5) is 2.68. The third kappa shape index (κ3) is 2.91. The highest BCUT2D eigenvalue weighted by molar-refractivity contribution is 5.09. The highest BCUT2D eigenvalue weighted by Gasteiger charge is 2.38. The highest BCUT2D eigenvalue weighted by Crippen LogP contribution is 2.35. The van der Waals surface area contributed by atoms with E-state index in [4.69, 9.17) is 0 Å². The first-order valence-electron chi connectivity index (χ1n) is 8.01. The Kier molecular flexibility index (Phi) is 3.87. The lowest BCUT2D eigenvalue weighted by molar-refractivity contribution is 0.0829. The summed E-state index contributed by atoms with van der Waals surface area (Å²) >= 11 is 0. The molecule has 1 saturated heterocycles. The molecule has 2 unspecified atom stereocenters. The lowest BCUT2D eigenvalue weighted by atomic mass is 9.96. The van der Waals surface area contributed by atoms with Gasteiger partial charge >= 0.3 is 0 Å². The number of nitrogens with zero attached hydrogens (tertiary/aromatic N) is 3. The topological polar surface area (TPSA) is 33.1 Å². The maximum absolute atomic E-state index is 4.49. The fraction of sp³-hybridized carbons (Fsp3) is 0.812. The van der Waals surface area contributed by atoms with E-state index in [0.29, 0.717) is 18.0 Å². The second-order valence-electron chi connectivity index (χ2n) is 6.99. The summed E-state index contributed by atoms with van der Waals surface area (Å²) in [6, 6.07) is 3.57. The number of piperazine rings is 1. The molecule has 1 aromatic heterocycles. The van der Waals surface area contributed by atoms with Crippen molar-refractivity contribution in [3.63, 3.8) is 0 Å². The molecule has 1 aromatic rings. The minimum Gasteiger partial charge on any atom is -0.311 e. The Morgan fingerprint density at radius 3 is 2.70 bits per heavy atom. The van der Waals surface area contributed by atoms with Crippen LogP contribution in [0.3, 0.4) is 0 Å². The number of hydrogen-bond acceptors (Lipinski definition) is 3. The molecule has 0 radical (unpaired) electrons. The molecular weight excluding hydrogens is 248 g/mol. The molecule has 2 heterocycles. The van der Waals surface area contributed by atoms with Gasteiger partial charge in [0.25, 0.3) is 0 Å². The minimum atomic E-state index is 0.639.